The van der Waals surface area contributed by atoms with Crippen LogP contribution in [0.15, 0.2) is 53.7 Å². The highest BCUT2D eigenvalue weighted by Crippen LogP contribution is 2.26. The smallest absolute Gasteiger partial charge is 0.234 e. The molecule has 0 unspecified atom stereocenters. The zero-order valence-electron chi connectivity index (χ0n) is 16.9. The van der Waals surface area contributed by atoms with E-state index in [0.29, 0.717) is 10.9 Å². The second-order valence-electron chi connectivity index (χ2n) is 7.20. The van der Waals surface area contributed by atoms with Crippen molar-refractivity contribution in [3.05, 3.63) is 59.1 Å². The Kier molecular flexibility index (Phi) is 7.34. The van der Waals surface area contributed by atoms with Gasteiger partial charge in [-0.2, -0.15) is 0 Å². The summed E-state index contributed by atoms with van der Waals surface area (Å²) in [6.07, 6.45) is 0.978. The van der Waals surface area contributed by atoms with Gasteiger partial charge in [0.15, 0.2) is 11.0 Å². The van der Waals surface area contributed by atoms with E-state index in [9.17, 15) is 4.79 Å². The zero-order chi connectivity index (χ0) is 20.8. The molecule has 0 aliphatic rings. The lowest BCUT2D eigenvalue weighted by Crippen LogP contribution is -2.15. The van der Waals surface area contributed by atoms with Gasteiger partial charge < -0.3 is 9.88 Å². The quantitative estimate of drug-likeness (QED) is 0.478. The van der Waals surface area contributed by atoms with E-state index in [1.54, 1.807) is 0 Å². The third-order valence-corrected chi connectivity index (χ3v) is 5.56. The van der Waals surface area contributed by atoms with Crippen LogP contribution in [0.4, 0.5) is 5.69 Å². The summed E-state index contributed by atoms with van der Waals surface area (Å²) in [6.45, 7) is 7.17. The highest BCUT2D eigenvalue weighted by molar-refractivity contribution is 7.99. The molecule has 0 bridgehead atoms. The molecule has 1 heterocycles. The summed E-state index contributed by atoms with van der Waals surface area (Å²) in [6, 6.07) is 15.5. The van der Waals surface area contributed by atoms with Crippen LogP contribution in [0.25, 0.3) is 11.4 Å². The molecular weight excluding hydrogens is 404 g/mol. The maximum Gasteiger partial charge on any atom is 0.234 e. The molecule has 0 radical (unpaired) electrons. The number of carbonyl (C=O) groups excluding carboxylic acids is 1. The van der Waals surface area contributed by atoms with Gasteiger partial charge in [0.25, 0.3) is 0 Å². The van der Waals surface area contributed by atoms with Crippen molar-refractivity contribution >= 4 is 35.0 Å². The van der Waals surface area contributed by atoms with Crippen molar-refractivity contribution in [2.45, 2.75) is 38.9 Å². The molecule has 2 aromatic carbocycles. The number of carbonyl (C=O) groups is 1. The Bertz CT molecular complexity index is 952. The molecule has 0 spiro atoms. The van der Waals surface area contributed by atoms with Gasteiger partial charge in [-0.25, -0.2) is 0 Å². The fraction of sp³-hybridized carbons (Fsp3) is 0.318. The van der Waals surface area contributed by atoms with Gasteiger partial charge in [0.2, 0.25) is 5.91 Å². The zero-order valence-corrected chi connectivity index (χ0v) is 18.4. The van der Waals surface area contributed by atoms with E-state index in [4.69, 9.17) is 11.6 Å². The number of aryl methyl sites for hydroxylation is 1. The summed E-state index contributed by atoms with van der Waals surface area (Å²) < 4.78 is 2.07. The van der Waals surface area contributed by atoms with Crippen molar-refractivity contribution in [3.8, 4) is 11.4 Å². The van der Waals surface area contributed by atoms with Crippen molar-refractivity contribution in [1.29, 1.82) is 0 Å². The highest BCUT2D eigenvalue weighted by Gasteiger charge is 2.16. The van der Waals surface area contributed by atoms with Crippen molar-refractivity contribution in [2.24, 2.45) is 5.92 Å². The van der Waals surface area contributed by atoms with Gasteiger partial charge in [-0.15, -0.1) is 10.2 Å². The monoisotopic (exact) mass is 428 g/mol. The van der Waals surface area contributed by atoms with Crippen LogP contribution in [-0.4, -0.2) is 26.4 Å². The molecule has 1 amide bonds. The van der Waals surface area contributed by atoms with Crippen LogP contribution in [0, 0.1) is 5.92 Å². The first-order chi connectivity index (χ1) is 14.0. The first-order valence-corrected chi connectivity index (χ1v) is 11.0. The fourth-order valence-corrected chi connectivity index (χ4v) is 3.76. The van der Waals surface area contributed by atoms with Gasteiger partial charge in [0.1, 0.15) is 0 Å². The summed E-state index contributed by atoms with van der Waals surface area (Å²) in [7, 11) is 0. The van der Waals surface area contributed by atoms with Crippen molar-refractivity contribution in [3.63, 3.8) is 0 Å². The number of nitrogens with one attached hydrogen (secondary N) is 1. The largest absolute Gasteiger partial charge is 0.325 e. The number of thioether (sulfide) groups is 1. The molecule has 7 heteroatoms. The molecule has 1 aromatic heterocycles. The second-order valence-corrected chi connectivity index (χ2v) is 8.58. The topological polar surface area (TPSA) is 59.8 Å². The Labute approximate surface area is 180 Å². The van der Waals surface area contributed by atoms with Gasteiger partial charge in [0.05, 0.1) is 5.75 Å². The van der Waals surface area contributed by atoms with Crippen LogP contribution in [-0.2, 0) is 17.8 Å². The molecule has 0 saturated heterocycles. The maximum atomic E-state index is 12.4. The lowest BCUT2D eigenvalue weighted by molar-refractivity contribution is -0.113. The minimum atomic E-state index is -0.0635. The van der Waals surface area contributed by atoms with Crippen LogP contribution in [0.5, 0.6) is 0 Å². The first kappa shape index (κ1) is 21.4. The third-order valence-electron chi connectivity index (χ3n) is 4.35. The summed E-state index contributed by atoms with van der Waals surface area (Å²) in [5, 5.41) is 13.1. The Morgan fingerprint density at radius 3 is 2.41 bits per heavy atom. The summed E-state index contributed by atoms with van der Waals surface area (Å²) in [4.78, 5) is 12.4. The molecule has 0 fully saturated rings. The summed E-state index contributed by atoms with van der Waals surface area (Å²) >= 11 is 7.40. The van der Waals surface area contributed by atoms with Gasteiger partial charge in [-0.3, -0.25) is 4.79 Å². The average molecular weight is 429 g/mol. The number of amides is 1. The number of hydrogen-bond donors (Lipinski definition) is 1. The molecule has 0 aliphatic carbocycles. The number of anilines is 1. The molecule has 1 N–H and O–H groups in total. The number of rotatable bonds is 8. The lowest BCUT2D eigenvalue weighted by atomic mass is 10.1. The molecule has 3 aromatic rings. The molecule has 3 rings (SSSR count). The van der Waals surface area contributed by atoms with E-state index in [0.717, 1.165) is 35.2 Å². The highest BCUT2D eigenvalue weighted by atomic mass is 35.5. The number of hydrogen-bond acceptors (Lipinski definition) is 4. The molecule has 29 heavy (non-hydrogen) atoms. The van der Waals surface area contributed by atoms with E-state index >= 15 is 0 Å². The van der Waals surface area contributed by atoms with E-state index in [1.807, 2.05) is 48.5 Å². The van der Waals surface area contributed by atoms with Gasteiger partial charge >= 0.3 is 0 Å². The van der Waals surface area contributed by atoms with Crippen LogP contribution in [0.1, 0.15) is 26.3 Å². The standard InChI is InChI=1S/C22H25ClN4OS/c1-4-16-5-11-19(12-6-16)24-20(28)14-29-22-26-25-21(27(22)13-15(2)3)17-7-9-18(23)10-8-17/h5-12,15H,4,13-14H2,1-3H3,(H,24,28). The molecule has 5 nitrogen and oxygen atoms in total. The Balaban J connectivity index is 1.70. The summed E-state index contributed by atoms with van der Waals surface area (Å²) in [5.41, 5.74) is 3.00. The Morgan fingerprint density at radius 1 is 1.10 bits per heavy atom. The molecule has 0 atom stereocenters. The number of nitrogens with zero attached hydrogens (tertiary/aromatic N) is 3. The Hall–Kier alpha value is -2.31. The predicted octanol–water partition coefficient (Wildman–Crippen LogP) is 5.55. The third kappa shape index (κ3) is 5.84. The van der Waals surface area contributed by atoms with Crippen LogP contribution in [0.3, 0.4) is 0 Å². The minimum absolute atomic E-state index is 0.0635. The average Bonchev–Trinajstić information content (AvgIpc) is 3.09. The van der Waals surface area contributed by atoms with Gasteiger partial charge in [-0.05, 0) is 54.3 Å². The van der Waals surface area contributed by atoms with Crippen LogP contribution in [0.2, 0.25) is 5.02 Å². The summed E-state index contributed by atoms with van der Waals surface area (Å²) in [5.74, 6) is 1.41. The van der Waals surface area contributed by atoms with Crippen LogP contribution < -0.4 is 5.32 Å². The molecule has 152 valence electrons. The molecule has 0 aliphatic heterocycles. The van der Waals surface area contributed by atoms with E-state index in [2.05, 4.69) is 40.9 Å². The SMILES string of the molecule is CCc1ccc(NC(=O)CSc2nnc(-c3ccc(Cl)cc3)n2CC(C)C)cc1. The number of halogens is 1. The molecular formula is C22H25ClN4OS. The van der Waals surface area contributed by atoms with Crippen LogP contribution >= 0.6 is 23.4 Å². The van der Waals surface area contributed by atoms with Gasteiger partial charge in [0, 0.05) is 22.8 Å². The van der Waals surface area contributed by atoms with Crippen molar-refractivity contribution < 1.29 is 4.79 Å². The minimum Gasteiger partial charge on any atom is -0.325 e. The van der Waals surface area contributed by atoms with E-state index in [1.165, 1.54) is 17.3 Å². The number of aromatic nitrogens is 3. The normalized spacial score (nSPS) is 11.1. The second kappa shape index (κ2) is 9.94. The fourth-order valence-electron chi connectivity index (χ4n) is 2.89. The predicted molar refractivity (Wildman–Crippen MR) is 120 cm³/mol. The van der Waals surface area contributed by atoms with Crippen molar-refractivity contribution in [1.82, 2.24) is 14.8 Å². The van der Waals surface area contributed by atoms with Gasteiger partial charge in [-0.1, -0.05) is 56.3 Å². The number of benzene rings is 2. The lowest BCUT2D eigenvalue weighted by Gasteiger charge is -2.12. The Morgan fingerprint density at radius 2 is 1.79 bits per heavy atom. The van der Waals surface area contributed by atoms with Crippen molar-refractivity contribution in [2.75, 3.05) is 11.1 Å². The first-order valence-electron chi connectivity index (χ1n) is 9.67. The maximum absolute atomic E-state index is 12.4. The van der Waals surface area contributed by atoms with E-state index in [-0.39, 0.29) is 11.7 Å². The molecule has 0 saturated carbocycles. The van der Waals surface area contributed by atoms with E-state index < -0.39 is 0 Å².